The first kappa shape index (κ1) is 7.80. The average Bonchev–Trinajstić information content (AvgIpc) is 2.69. The highest BCUT2D eigenvalue weighted by molar-refractivity contribution is 5.86. The van der Waals surface area contributed by atoms with Crippen LogP contribution in [-0.2, 0) is 4.79 Å². The van der Waals surface area contributed by atoms with E-state index in [4.69, 9.17) is 10.4 Å². The van der Waals surface area contributed by atoms with E-state index in [0.717, 1.165) is 12.8 Å². The molecule has 0 amide bonds. The van der Waals surface area contributed by atoms with Crippen molar-refractivity contribution in [3.63, 3.8) is 0 Å². The van der Waals surface area contributed by atoms with Gasteiger partial charge in [0.2, 0.25) is 0 Å². The van der Waals surface area contributed by atoms with Crippen LogP contribution >= 0.6 is 0 Å². The summed E-state index contributed by atoms with van der Waals surface area (Å²) in [6.07, 6.45) is 3.15. The number of carbonyl (C=O) groups is 1. The second kappa shape index (κ2) is 2.39. The van der Waals surface area contributed by atoms with Gasteiger partial charge >= 0.3 is 5.97 Å². The monoisotopic (exact) mass is 151 g/mol. The molecule has 1 fully saturated rings. The zero-order valence-electron chi connectivity index (χ0n) is 6.29. The molecule has 1 saturated carbocycles. The lowest BCUT2D eigenvalue weighted by atomic mass is 10.1. The van der Waals surface area contributed by atoms with Gasteiger partial charge in [-0.2, -0.15) is 5.26 Å². The van der Waals surface area contributed by atoms with Crippen LogP contribution in [0.5, 0.6) is 0 Å². The minimum Gasteiger partial charge on any atom is -0.478 e. The smallest absolute Gasteiger partial charge is 0.330 e. The number of nitriles is 1. The Morgan fingerprint density at radius 2 is 2.27 bits per heavy atom. The number of hydrogen-bond acceptors (Lipinski definition) is 2. The van der Waals surface area contributed by atoms with Crippen molar-refractivity contribution >= 4 is 5.97 Å². The van der Waals surface area contributed by atoms with Crippen LogP contribution in [0.15, 0.2) is 11.6 Å². The molecule has 0 atom stereocenters. The van der Waals surface area contributed by atoms with E-state index in [2.05, 4.69) is 6.07 Å². The van der Waals surface area contributed by atoms with Crippen molar-refractivity contribution in [2.24, 2.45) is 5.41 Å². The molecule has 3 nitrogen and oxygen atoms in total. The summed E-state index contributed by atoms with van der Waals surface area (Å²) < 4.78 is 0. The molecule has 0 radical (unpaired) electrons. The van der Waals surface area contributed by atoms with Crippen molar-refractivity contribution in [1.82, 2.24) is 0 Å². The third-order valence-corrected chi connectivity index (χ3v) is 1.84. The molecule has 3 heteroatoms. The minimum absolute atomic E-state index is 0.268. The Morgan fingerprint density at radius 1 is 1.73 bits per heavy atom. The highest BCUT2D eigenvalue weighted by atomic mass is 16.4. The van der Waals surface area contributed by atoms with E-state index in [0.29, 0.717) is 0 Å². The maximum absolute atomic E-state index is 10.3. The van der Waals surface area contributed by atoms with Gasteiger partial charge in [-0.25, -0.2) is 4.79 Å². The van der Waals surface area contributed by atoms with E-state index in [1.807, 2.05) is 0 Å². The second-order valence-electron chi connectivity index (χ2n) is 2.90. The number of carboxylic acid groups (broad SMARTS) is 1. The molecule has 0 aromatic carbocycles. The normalized spacial score (nSPS) is 20.5. The maximum Gasteiger partial charge on any atom is 0.330 e. The van der Waals surface area contributed by atoms with Gasteiger partial charge < -0.3 is 5.11 Å². The van der Waals surface area contributed by atoms with Crippen LogP contribution in [0.1, 0.15) is 19.8 Å². The van der Waals surface area contributed by atoms with Gasteiger partial charge in [0.25, 0.3) is 0 Å². The minimum atomic E-state index is -0.938. The molecule has 0 bridgehead atoms. The van der Waals surface area contributed by atoms with Crippen molar-refractivity contribution in [2.45, 2.75) is 19.8 Å². The Hall–Kier alpha value is -1.30. The molecule has 1 aliphatic rings. The first-order valence-electron chi connectivity index (χ1n) is 3.44. The summed E-state index contributed by atoms with van der Waals surface area (Å²) in [6, 6.07) is 2.10. The van der Waals surface area contributed by atoms with Crippen molar-refractivity contribution in [2.75, 3.05) is 0 Å². The van der Waals surface area contributed by atoms with Gasteiger partial charge in [0.05, 0.1) is 11.5 Å². The summed E-state index contributed by atoms with van der Waals surface area (Å²) in [5, 5.41) is 17.1. The predicted octanol–water partition coefficient (Wildman–Crippen LogP) is 1.32. The largest absolute Gasteiger partial charge is 0.478 e. The molecule has 0 aliphatic heterocycles. The standard InChI is InChI=1S/C8H9NO2/c1-6(7(10)11)4-8(5-9)2-3-8/h4H,2-3H2,1H3,(H,10,11). The third kappa shape index (κ3) is 1.58. The van der Waals surface area contributed by atoms with Gasteiger partial charge in [0, 0.05) is 5.57 Å². The first-order valence-corrected chi connectivity index (χ1v) is 3.44. The molecule has 0 saturated heterocycles. The molecular formula is C8H9NO2. The lowest BCUT2D eigenvalue weighted by molar-refractivity contribution is -0.132. The van der Waals surface area contributed by atoms with Gasteiger partial charge in [0.1, 0.15) is 0 Å². The summed E-state index contributed by atoms with van der Waals surface area (Å²) in [6.45, 7) is 1.51. The molecule has 11 heavy (non-hydrogen) atoms. The van der Waals surface area contributed by atoms with E-state index >= 15 is 0 Å². The van der Waals surface area contributed by atoms with E-state index in [-0.39, 0.29) is 5.57 Å². The lowest BCUT2D eigenvalue weighted by Crippen LogP contribution is -2.00. The fraction of sp³-hybridized carbons (Fsp3) is 0.500. The lowest BCUT2D eigenvalue weighted by Gasteiger charge is -1.96. The van der Waals surface area contributed by atoms with Gasteiger partial charge in [-0.05, 0) is 19.8 Å². The van der Waals surface area contributed by atoms with Crippen LogP contribution in [-0.4, -0.2) is 11.1 Å². The summed E-state index contributed by atoms with van der Waals surface area (Å²) in [5.74, 6) is -0.938. The van der Waals surface area contributed by atoms with Gasteiger partial charge in [-0.15, -0.1) is 0 Å². The highest BCUT2D eigenvalue weighted by Crippen LogP contribution is 2.46. The van der Waals surface area contributed by atoms with Gasteiger partial charge in [0.15, 0.2) is 0 Å². The predicted molar refractivity (Wildman–Crippen MR) is 38.7 cm³/mol. The van der Waals surface area contributed by atoms with Crippen LogP contribution in [0.3, 0.4) is 0 Å². The fourth-order valence-electron chi connectivity index (χ4n) is 0.899. The summed E-state index contributed by atoms with van der Waals surface area (Å²) in [4.78, 5) is 10.3. The van der Waals surface area contributed by atoms with Crippen molar-refractivity contribution in [3.8, 4) is 6.07 Å². The zero-order valence-corrected chi connectivity index (χ0v) is 6.29. The molecule has 0 spiro atoms. The molecule has 58 valence electrons. The molecule has 1 N–H and O–H groups in total. The van der Waals surface area contributed by atoms with E-state index in [1.54, 1.807) is 6.08 Å². The summed E-state index contributed by atoms with van der Waals surface area (Å²) in [5.41, 5.74) is -0.174. The second-order valence-corrected chi connectivity index (χ2v) is 2.90. The molecule has 1 rings (SSSR count). The van der Waals surface area contributed by atoms with Crippen LogP contribution in [0, 0.1) is 16.7 Å². The Balaban J connectivity index is 2.74. The van der Waals surface area contributed by atoms with E-state index in [1.165, 1.54) is 6.92 Å². The zero-order chi connectivity index (χ0) is 8.48. The van der Waals surface area contributed by atoms with Crippen LogP contribution in [0.2, 0.25) is 0 Å². The summed E-state index contributed by atoms with van der Waals surface area (Å²) >= 11 is 0. The number of nitrogens with zero attached hydrogens (tertiary/aromatic N) is 1. The van der Waals surface area contributed by atoms with Crippen molar-refractivity contribution < 1.29 is 9.90 Å². The maximum atomic E-state index is 10.3. The van der Waals surface area contributed by atoms with E-state index < -0.39 is 11.4 Å². The number of allylic oxidation sites excluding steroid dienone is 1. The Kier molecular flexibility index (Phi) is 1.69. The molecule has 0 aromatic rings. The number of hydrogen-bond donors (Lipinski definition) is 1. The average molecular weight is 151 g/mol. The van der Waals surface area contributed by atoms with Gasteiger partial charge in [-0.1, -0.05) is 6.08 Å². The molecule has 0 heterocycles. The Labute approximate surface area is 64.9 Å². The molecule has 1 aliphatic carbocycles. The molecule has 0 aromatic heterocycles. The van der Waals surface area contributed by atoms with Crippen molar-refractivity contribution in [1.29, 1.82) is 5.26 Å². The number of aliphatic carboxylic acids is 1. The SMILES string of the molecule is CC(=CC1(C#N)CC1)C(=O)O. The summed E-state index contributed by atoms with van der Waals surface area (Å²) in [7, 11) is 0. The number of rotatable bonds is 2. The molecule has 0 unspecified atom stereocenters. The topological polar surface area (TPSA) is 61.1 Å². The van der Waals surface area contributed by atoms with Crippen LogP contribution in [0.25, 0.3) is 0 Å². The Bertz CT molecular complexity index is 256. The first-order chi connectivity index (χ1) is 5.09. The van der Waals surface area contributed by atoms with Crippen molar-refractivity contribution in [3.05, 3.63) is 11.6 Å². The molecular weight excluding hydrogens is 142 g/mol. The van der Waals surface area contributed by atoms with Crippen LogP contribution < -0.4 is 0 Å². The number of carboxylic acids is 1. The Morgan fingerprint density at radius 3 is 2.55 bits per heavy atom. The van der Waals surface area contributed by atoms with Gasteiger partial charge in [-0.3, -0.25) is 0 Å². The highest BCUT2D eigenvalue weighted by Gasteiger charge is 2.41. The van der Waals surface area contributed by atoms with Crippen LogP contribution in [0.4, 0.5) is 0 Å². The fourth-order valence-corrected chi connectivity index (χ4v) is 0.899. The third-order valence-electron chi connectivity index (χ3n) is 1.84. The van der Waals surface area contributed by atoms with E-state index in [9.17, 15) is 4.79 Å². The quantitative estimate of drug-likeness (QED) is 0.605.